The van der Waals surface area contributed by atoms with E-state index in [1.807, 2.05) is 6.07 Å². The molecule has 8 nitrogen and oxygen atoms in total. The molecule has 2 fully saturated rings. The van der Waals surface area contributed by atoms with Crippen LogP contribution < -0.4 is 10.2 Å². The van der Waals surface area contributed by atoms with E-state index in [1.165, 1.54) is 11.1 Å². The molecule has 33 heavy (non-hydrogen) atoms. The fourth-order valence-corrected chi connectivity index (χ4v) is 4.25. The van der Waals surface area contributed by atoms with Gasteiger partial charge >= 0.3 is 0 Å². The second kappa shape index (κ2) is 13.0. The third-order valence-corrected chi connectivity index (χ3v) is 6.15. The Kier molecular flexibility index (Phi) is 10.1. The van der Waals surface area contributed by atoms with E-state index in [2.05, 4.69) is 61.2 Å². The third-order valence-electron chi connectivity index (χ3n) is 6.15. The lowest BCUT2D eigenvalue weighted by atomic mass is 10.1. The normalized spacial score (nSPS) is 18.2. The molecule has 1 aromatic carbocycles. The molecule has 2 aliphatic heterocycles. The zero-order valence-corrected chi connectivity index (χ0v) is 21.8. The van der Waals surface area contributed by atoms with Crippen LogP contribution in [0, 0.1) is 0 Å². The molecule has 0 bridgehead atoms. The SMILES string of the molecule is CCNC(=NCc1ccc(CN2CCC(O)CC2)cc1)N1CCN(c2ncccn2)CC1.I. The Morgan fingerprint density at radius 1 is 1.00 bits per heavy atom. The zero-order chi connectivity index (χ0) is 22.2. The van der Waals surface area contributed by atoms with Crippen LogP contribution in [0.25, 0.3) is 0 Å². The minimum absolute atomic E-state index is 0. The Morgan fingerprint density at radius 2 is 1.64 bits per heavy atom. The number of anilines is 1. The summed E-state index contributed by atoms with van der Waals surface area (Å²) in [6, 6.07) is 10.6. The minimum Gasteiger partial charge on any atom is -0.393 e. The standard InChI is InChI=1S/C24H35N7O.HI/c1-2-25-23(30-14-16-31(17-15-30)24-26-10-3-11-27-24)28-18-20-4-6-21(7-5-20)19-29-12-8-22(32)9-13-29;/h3-7,10-11,22,32H,2,8-9,12-19H2,1H3,(H,25,28);1H. The monoisotopic (exact) mass is 565 g/mol. The van der Waals surface area contributed by atoms with Gasteiger partial charge in [-0.1, -0.05) is 24.3 Å². The summed E-state index contributed by atoms with van der Waals surface area (Å²) < 4.78 is 0. The molecule has 0 aliphatic carbocycles. The second-order valence-corrected chi connectivity index (χ2v) is 8.52. The second-order valence-electron chi connectivity index (χ2n) is 8.52. The summed E-state index contributed by atoms with van der Waals surface area (Å²) in [6.45, 7) is 10.1. The fraction of sp³-hybridized carbons (Fsp3) is 0.542. The van der Waals surface area contributed by atoms with Gasteiger partial charge in [0.05, 0.1) is 12.6 Å². The first-order chi connectivity index (χ1) is 15.7. The largest absolute Gasteiger partial charge is 0.393 e. The molecule has 0 radical (unpaired) electrons. The predicted octanol–water partition coefficient (Wildman–Crippen LogP) is 2.34. The van der Waals surface area contributed by atoms with Gasteiger partial charge in [-0.3, -0.25) is 4.90 Å². The lowest BCUT2D eigenvalue weighted by Gasteiger charge is -2.36. The van der Waals surface area contributed by atoms with Crippen molar-refractivity contribution >= 4 is 35.9 Å². The number of aliphatic hydroxyl groups is 1. The van der Waals surface area contributed by atoms with E-state index in [9.17, 15) is 5.11 Å². The number of likely N-dealkylation sites (tertiary alicyclic amines) is 1. The van der Waals surface area contributed by atoms with Crippen LogP contribution in [0.2, 0.25) is 0 Å². The Bertz CT molecular complexity index is 849. The maximum atomic E-state index is 9.68. The number of nitrogens with one attached hydrogen (secondary N) is 1. The Hall–Kier alpha value is -1.98. The molecule has 0 saturated carbocycles. The van der Waals surface area contributed by atoms with Crippen LogP contribution in [-0.4, -0.2) is 82.8 Å². The van der Waals surface area contributed by atoms with Gasteiger partial charge in [-0.2, -0.15) is 0 Å². The van der Waals surface area contributed by atoms with Gasteiger partial charge in [-0.25, -0.2) is 15.0 Å². The van der Waals surface area contributed by atoms with E-state index in [4.69, 9.17) is 4.99 Å². The number of aliphatic hydroxyl groups excluding tert-OH is 1. The quantitative estimate of drug-likeness (QED) is 0.316. The first-order valence-corrected chi connectivity index (χ1v) is 11.7. The molecular formula is C24H36IN7O. The minimum atomic E-state index is -0.118. The summed E-state index contributed by atoms with van der Waals surface area (Å²) in [7, 11) is 0. The fourth-order valence-electron chi connectivity index (χ4n) is 4.25. The van der Waals surface area contributed by atoms with Crippen molar-refractivity contribution in [1.82, 2.24) is 25.1 Å². The van der Waals surface area contributed by atoms with Gasteiger partial charge in [0.15, 0.2) is 5.96 Å². The van der Waals surface area contributed by atoms with Gasteiger partial charge in [0.25, 0.3) is 0 Å². The molecule has 2 N–H and O–H groups in total. The van der Waals surface area contributed by atoms with Crippen LogP contribution in [0.5, 0.6) is 0 Å². The van der Waals surface area contributed by atoms with Crippen molar-refractivity contribution in [3.8, 4) is 0 Å². The number of nitrogens with zero attached hydrogens (tertiary/aromatic N) is 6. The van der Waals surface area contributed by atoms with Gasteiger partial charge in [0.1, 0.15) is 0 Å². The molecule has 0 amide bonds. The Morgan fingerprint density at radius 3 is 2.27 bits per heavy atom. The molecule has 0 spiro atoms. The molecule has 2 aliphatic rings. The van der Waals surface area contributed by atoms with Crippen LogP contribution in [0.3, 0.4) is 0 Å². The Balaban J connectivity index is 0.00000306. The summed E-state index contributed by atoms with van der Waals surface area (Å²) in [5.74, 6) is 1.77. The van der Waals surface area contributed by atoms with Crippen molar-refractivity contribution in [1.29, 1.82) is 0 Å². The summed E-state index contributed by atoms with van der Waals surface area (Å²) in [6.07, 6.45) is 5.23. The zero-order valence-electron chi connectivity index (χ0n) is 19.4. The van der Waals surface area contributed by atoms with Crippen molar-refractivity contribution in [2.75, 3.05) is 50.7 Å². The highest BCUT2D eigenvalue weighted by atomic mass is 127. The lowest BCUT2D eigenvalue weighted by Crippen LogP contribution is -2.52. The smallest absolute Gasteiger partial charge is 0.225 e. The number of piperidine rings is 1. The number of aliphatic imine (C=N–C) groups is 1. The molecule has 1 aromatic heterocycles. The van der Waals surface area contributed by atoms with Crippen LogP contribution in [-0.2, 0) is 13.1 Å². The molecule has 4 rings (SSSR count). The molecular weight excluding hydrogens is 529 g/mol. The maximum Gasteiger partial charge on any atom is 0.225 e. The third kappa shape index (κ3) is 7.51. The summed E-state index contributed by atoms with van der Waals surface area (Å²) >= 11 is 0. The average Bonchev–Trinajstić information content (AvgIpc) is 2.85. The van der Waals surface area contributed by atoms with Crippen LogP contribution in [0.4, 0.5) is 5.95 Å². The number of benzene rings is 1. The van der Waals surface area contributed by atoms with E-state index < -0.39 is 0 Å². The van der Waals surface area contributed by atoms with Crippen LogP contribution in [0.15, 0.2) is 47.7 Å². The molecule has 0 unspecified atom stereocenters. The number of hydrogen-bond acceptors (Lipinski definition) is 6. The Labute approximate surface area is 214 Å². The first kappa shape index (κ1) is 25.6. The van der Waals surface area contributed by atoms with Gasteiger partial charge in [0, 0.05) is 64.8 Å². The van der Waals surface area contributed by atoms with E-state index in [-0.39, 0.29) is 30.1 Å². The number of rotatable bonds is 6. The summed E-state index contributed by atoms with van der Waals surface area (Å²) in [5, 5.41) is 13.1. The van der Waals surface area contributed by atoms with Crippen LogP contribution >= 0.6 is 24.0 Å². The first-order valence-electron chi connectivity index (χ1n) is 11.7. The van der Waals surface area contributed by atoms with Crippen molar-refractivity contribution in [3.63, 3.8) is 0 Å². The number of aromatic nitrogens is 2. The molecule has 2 aromatic rings. The number of hydrogen-bond donors (Lipinski definition) is 2. The van der Waals surface area contributed by atoms with E-state index in [0.717, 1.165) is 77.1 Å². The molecule has 0 atom stereocenters. The van der Waals surface area contributed by atoms with Crippen molar-refractivity contribution in [3.05, 3.63) is 53.9 Å². The lowest BCUT2D eigenvalue weighted by molar-refractivity contribution is 0.0792. The number of halogens is 1. The van der Waals surface area contributed by atoms with Crippen LogP contribution in [0.1, 0.15) is 30.9 Å². The van der Waals surface area contributed by atoms with Crippen molar-refractivity contribution in [2.24, 2.45) is 4.99 Å². The number of guanidine groups is 1. The molecule has 2 saturated heterocycles. The average molecular weight is 566 g/mol. The highest BCUT2D eigenvalue weighted by molar-refractivity contribution is 14.0. The predicted molar refractivity (Wildman–Crippen MR) is 143 cm³/mol. The highest BCUT2D eigenvalue weighted by Crippen LogP contribution is 2.15. The van der Waals surface area contributed by atoms with Crippen molar-refractivity contribution in [2.45, 2.75) is 39.0 Å². The van der Waals surface area contributed by atoms with Crippen molar-refractivity contribution < 1.29 is 5.11 Å². The van der Waals surface area contributed by atoms with Gasteiger partial charge < -0.3 is 20.2 Å². The van der Waals surface area contributed by atoms with E-state index >= 15 is 0 Å². The van der Waals surface area contributed by atoms with E-state index in [0.29, 0.717) is 6.54 Å². The van der Waals surface area contributed by atoms with Gasteiger partial charge in [-0.05, 0) is 37.0 Å². The molecule has 9 heteroatoms. The van der Waals surface area contributed by atoms with E-state index in [1.54, 1.807) is 12.4 Å². The topological polar surface area (TPSA) is 80.1 Å². The molecule has 3 heterocycles. The maximum absolute atomic E-state index is 9.68. The molecule has 180 valence electrons. The van der Waals surface area contributed by atoms with Gasteiger partial charge in [-0.15, -0.1) is 24.0 Å². The highest BCUT2D eigenvalue weighted by Gasteiger charge is 2.21. The summed E-state index contributed by atoms with van der Waals surface area (Å²) in [5.41, 5.74) is 2.54. The summed E-state index contributed by atoms with van der Waals surface area (Å²) in [4.78, 5) is 20.6. The number of piperazine rings is 1. The van der Waals surface area contributed by atoms with Gasteiger partial charge in [0.2, 0.25) is 5.95 Å².